The third-order valence-electron chi connectivity index (χ3n) is 12.5. The lowest BCUT2D eigenvalue weighted by Gasteiger charge is -2.41. The Kier molecular flexibility index (Phi) is 8.30. The molecular formula is C41H37F5N8O2. The maximum atomic E-state index is 17.3. The molecule has 0 radical (unpaired) electrons. The van der Waals surface area contributed by atoms with Gasteiger partial charge in [-0.15, -0.1) is 6.42 Å². The van der Waals surface area contributed by atoms with Crippen LogP contribution in [0.4, 0.5) is 27.8 Å². The maximum absolute atomic E-state index is 17.3. The molecule has 288 valence electrons. The average Bonchev–Trinajstić information content (AvgIpc) is 3.86. The van der Waals surface area contributed by atoms with E-state index in [0.717, 1.165) is 57.7 Å². The lowest BCUT2D eigenvalue weighted by Crippen LogP contribution is -2.58. The van der Waals surface area contributed by atoms with Gasteiger partial charge in [0, 0.05) is 53.9 Å². The number of ether oxygens (including phenoxy) is 2. The summed E-state index contributed by atoms with van der Waals surface area (Å²) in [7, 11) is 0. The first-order valence-corrected chi connectivity index (χ1v) is 19.1. The molecule has 0 aliphatic carbocycles. The second kappa shape index (κ2) is 13.2. The summed E-state index contributed by atoms with van der Waals surface area (Å²) < 4.78 is 84.3. The molecule has 5 aliphatic heterocycles. The van der Waals surface area contributed by atoms with Gasteiger partial charge in [0.15, 0.2) is 5.82 Å². The van der Waals surface area contributed by atoms with Crippen LogP contribution in [0.5, 0.6) is 11.9 Å². The standard InChI is InChI=1S/C41H37F5N8O2/c1-2-25-27(42)9-7-22-5-3-6-26(32(22)25)35-34(43)36-33-29(49-35)11-12-30-28-10-8-23(48-28)19-53(30)37(33)52-39(51-36)56-21-40-15-4-18-54(40)24(13-16-40)20-55-31-14-17-47-38(50-31)41(44,45)46/h1,3,5-7,9,14,17,23-24,28,30,48H,4,8,10-13,15-16,18-21H2/t23-,24+,28+,30-,40+/m1/s1. The van der Waals surface area contributed by atoms with Crippen molar-refractivity contribution < 1.29 is 31.4 Å². The second-order valence-corrected chi connectivity index (χ2v) is 15.6. The van der Waals surface area contributed by atoms with Gasteiger partial charge < -0.3 is 19.7 Å². The maximum Gasteiger partial charge on any atom is 0.451 e. The number of terminal acetylenes is 1. The number of hydrogen-bond acceptors (Lipinski definition) is 10. The highest BCUT2D eigenvalue weighted by molar-refractivity contribution is 6.02. The van der Waals surface area contributed by atoms with Gasteiger partial charge in [-0.25, -0.2) is 18.7 Å². The minimum atomic E-state index is -4.68. The predicted molar refractivity (Wildman–Crippen MR) is 197 cm³/mol. The normalized spacial score (nSPS) is 25.6. The SMILES string of the molecule is C#Cc1c(F)ccc2cccc(-c3nc4c5c(nc(OC[C@@]67CCCN6[C@H](COc6ccnc(C(F)(F)F)n6)CC7)nc5c3F)N3C[C@H]5CC[C@H](N5)[C@H]3CC4)c12. The van der Waals surface area contributed by atoms with E-state index < -0.39 is 23.6 Å². The number of nitrogens with zero attached hydrogens (tertiary/aromatic N) is 7. The molecule has 2 aromatic carbocycles. The molecule has 3 aromatic heterocycles. The molecule has 1 N–H and O–H groups in total. The topological polar surface area (TPSA) is 101 Å². The number of fused-ring (bicyclic) bond motifs is 7. The summed E-state index contributed by atoms with van der Waals surface area (Å²) in [6.07, 6.45) is 8.85. The van der Waals surface area contributed by atoms with Gasteiger partial charge >= 0.3 is 12.2 Å². The van der Waals surface area contributed by atoms with Crippen molar-refractivity contribution in [2.24, 2.45) is 0 Å². The molecule has 2 bridgehead atoms. The Morgan fingerprint density at radius 1 is 0.964 bits per heavy atom. The minimum absolute atomic E-state index is 0.0422. The molecule has 0 spiro atoms. The van der Waals surface area contributed by atoms with Crippen molar-refractivity contribution >= 4 is 27.5 Å². The summed E-state index contributed by atoms with van der Waals surface area (Å²) in [4.78, 5) is 26.3. The molecule has 56 heavy (non-hydrogen) atoms. The van der Waals surface area contributed by atoms with Crippen LogP contribution in [0.1, 0.15) is 62.0 Å². The van der Waals surface area contributed by atoms with Crippen LogP contribution in [0, 0.1) is 24.0 Å². The summed E-state index contributed by atoms with van der Waals surface area (Å²) in [5, 5.41) is 5.39. The molecule has 15 heteroatoms. The fourth-order valence-electron chi connectivity index (χ4n) is 10.0. The van der Waals surface area contributed by atoms with E-state index in [0.29, 0.717) is 46.2 Å². The third kappa shape index (κ3) is 5.71. The number of nitrogens with one attached hydrogen (secondary N) is 1. The van der Waals surface area contributed by atoms with E-state index in [2.05, 4.69) is 31.0 Å². The molecule has 8 heterocycles. The van der Waals surface area contributed by atoms with Gasteiger partial charge in [-0.3, -0.25) is 4.90 Å². The molecule has 0 amide bonds. The number of pyridine rings is 1. The molecule has 10 rings (SSSR count). The third-order valence-corrected chi connectivity index (χ3v) is 12.5. The number of aromatic nitrogens is 5. The van der Waals surface area contributed by atoms with E-state index in [-0.39, 0.29) is 71.6 Å². The zero-order valence-electron chi connectivity index (χ0n) is 30.3. The number of rotatable bonds is 7. The molecule has 5 aromatic rings. The van der Waals surface area contributed by atoms with E-state index in [1.54, 1.807) is 18.2 Å². The first-order chi connectivity index (χ1) is 27.1. The summed E-state index contributed by atoms with van der Waals surface area (Å²) in [5.41, 5.74) is 0.845. The van der Waals surface area contributed by atoms with Crippen molar-refractivity contribution in [1.29, 1.82) is 0 Å². The smallest absolute Gasteiger partial charge is 0.451 e. The zero-order chi connectivity index (χ0) is 38.3. The Bertz CT molecular complexity index is 2440. The zero-order valence-corrected chi connectivity index (χ0v) is 30.3. The molecule has 5 atom stereocenters. The highest BCUT2D eigenvalue weighted by Crippen LogP contribution is 2.45. The molecule has 4 fully saturated rings. The van der Waals surface area contributed by atoms with Crippen LogP contribution in [-0.4, -0.2) is 85.8 Å². The van der Waals surface area contributed by atoms with Crippen molar-refractivity contribution in [3.8, 4) is 35.5 Å². The lowest BCUT2D eigenvalue weighted by atomic mass is 9.95. The Morgan fingerprint density at radius 2 is 1.86 bits per heavy atom. The van der Waals surface area contributed by atoms with Crippen LogP contribution in [0.25, 0.3) is 32.9 Å². The summed E-state index contributed by atoms with van der Waals surface area (Å²) >= 11 is 0. The minimum Gasteiger partial charge on any atom is -0.476 e. The number of alkyl halides is 3. The van der Waals surface area contributed by atoms with Crippen molar-refractivity contribution in [1.82, 2.24) is 35.1 Å². The monoisotopic (exact) mass is 768 g/mol. The van der Waals surface area contributed by atoms with Gasteiger partial charge in [-0.2, -0.15) is 28.1 Å². The highest BCUT2D eigenvalue weighted by Gasteiger charge is 2.50. The highest BCUT2D eigenvalue weighted by atomic mass is 19.4. The van der Waals surface area contributed by atoms with Gasteiger partial charge in [-0.1, -0.05) is 30.2 Å². The molecule has 0 saturated carbocycles. The molecule has 10 nitrogen and oxygen atoms in total. The van der Waals surface area contributed by atoms with Crippen LogP contribution in [0.15, 0.2) is 42.6 Å². The van der Waals surface area contributed by atoms with Crippen LogP contribution in [-0.2, 0) is 12.6 Å². The van der Waals surface area contributed by atoms with Gasteiger partial charge in [0.25, 0.3) is 0 Å². The fourth-order valence-corrected chi connectivity index (χ4v) is 10.0. The fraction of sp³-hybridized carbons (Fsp3) is 0.439. The van der Waals surface area contributed by atoms with Gasteiger partial charge in [0.1, 0.15) is 36.1 Å². The first kappa shape index (κ1) is 35.2. The number of aryl methyl sites for hydroxylation is 1. The van der Waals surface area contributed by atoms with Gasteiger partial charge in [-0.05, 0) is 69.4 Å². The summed E-state index contributed by atoms with van der Waals surface area (Å²) in [5.74, 6) is 0.463. The lowest BCUT2D eigenvalue weighted by molar-refractivity contribution is -0.145. The number of piperazine rings is 1. The number of halogens is 5. The molecule has 4 saturated heterocycles. The van der Waals surface area contributed by atoms with Gasteiger partial charge in [0.2, 0.25) is 11.7 Å². The van der Waals surface area contributed by atoms with Crippen molar-refractivity contribution in [3.05, 3.63) is 71.3 Å². The largest absolute Gasteiger partial charge is 0.476 e. The van der Waals surface area contributed by atoms with Crippen LogP contribution in [0.2, 0.25) is 0 Å². The van der Waals surface area contributed by atoms with Crippen LogP contribution in [0.3, 0.4) is 0 Å². The van der Waals surface area contributed by atoms with E-state index in [1.807, 2.05) is 6.07 Å². The van der Waals surface area contributed by atoms with E-state index in [1.165, 1.54) is 12.1 Å². The molecule has 0 unspecified atom stereocenters. The van der Waals surface area contributed by atoms with Crippen LogP contribution >= 0.6 is 0 Å². The van der Waals surface area contributed by atoms with Crippen LogP contribution < -0.4 is 19.7 Å². The Hall–Kier alpha value is -5.20. The second-order valence-electron chi connectivity index (χ2n) is 15.6. The number of anilines is 1. The van der Waals surface area contributed by atoms with E-state index in [9.17, 15) is 13.2 Å². The Labute approximate surface area is 318 Å². The quantitative estimate of drug-likeness (QED) is 0.144. The van der Waals surface area contributed by atoms with Crippen molar-refractivity contribution in [3.63, 3.8) is 0 Å². The van der Waals surface area contributed by atoms with Crippen molar-refractivity contribution in [2.45, 2.75) is 87.2 Å². The van der Waals surface area contributed by atoms with Crippen molar-refractivity contribution in [2.75, 3.05) is 31.2 Å². The van der Waals surface area contributed by atoms with E-state index in [4.69, 9.17) is 30.8 Å². The first-order valence-electron chi connectivity index (χ1n) is 19.1. The Morgan fingerprint density at radius 3 is 2.71 bits per heavy atom. The average molecular weight is 769 g/mol. The predicted octanol–water partition coefficient (Wildman–Crippen LogP) is 6.62. The Balaban J connectivity index is 1.01. The molecular weight excluding hydrogens is 731 g/mol. The molecule has 5 aliphatic rings. The summed E-state index contributed by atoms with van der Waals surface area (Å²) in [6.45, 7) is 1.86. The van der Waals surface area contributed by atoms with Gasteiger partial charge in [0.05, 0.1) is 22.2 Å². The number of hydrogen-bond donors (Lipinski definition) is 1. The summed E-state index contributed by atoms with van der Waals surface area (Å²) in [6, 6.07) is 10.2. The van der Waals surface area contributed by atoms with E-state index >= 15 is 8.78 Å². The number of benzene rings is 2.